The summed E-state index contributed by atoms with van der Waals surface area (Å²) in [5, 5.41) is 4.13. The van der Waals surface area contributed by atoms with Crippen molar-refractivity contribution in [2.24, 2.45) is 0 Å². The van der Waals surface area contributed by atoms with Gasteiger partial charge in [-0.25, -0.2) is 0 Å². The van der Waals surface area contributed by atoms with Gasteiger partial charge in [-0.2, -0.15) is 5.10 Å². The molecular weight excluding hydrogens is 204 g/mol. The summed E-state index contributed by atoms with van der Waals surface area (Å²) < 4.78 is 6.92. The molecule has 2 aromatic rings. The molecule has 4 heteroatoms. The summed E-state index contributed by atoms with van der Waals surface area (Å²) >= 11 is 0. The SMILES string of the molecule is CCn1cc(CC(=O)c2coc(C)c2)cn1. The molecule has 0 saturated heterocycles. The van der Waals surface area contributed by atoms with E-state index < -0.39 is 0 Å². The molecule has 0 unspecified atom stereocenters. The van der Waals surface area contributed by atoms with Gasteiger partial charge in [-0.3, -0.25) is 9.48 Å². The Labute approximate surface area is 93.9 Å². The second kappa shape index (κ2) is 4.35. The highest BCUT2D eigenvalue weighted by atomic mass is 16.3. The van der Waals surface area contributed by atoms with E-state index in [2.05, 4.69) is 5.10 Å². The first-order valence-corrected chi connectivity index (χ1v) is 5.28. The highest BCUT2D eigenvalue weighted by Gasteiger charge is 2.10. The average Bonchev–Trinajstić information content (AvgIpc) is 2.87. The average molecular weight is 218 g/mol. The first-order chi connectivity index (χ1) is 7.69. The van der Waals surface area contributed by atoms with Crippen LogP contribution in [0.5, 0.6) is 0 Å². The monoisotopic (exact) mass is 218 g/mol. The van der Waals surface area contributed by atoms with E-state index in [9.17, 15) is 4.79 Å². The van der Waals surface area contributed by atoms with Crippen molar-refractivity contribution < 1.29 is 9.21 Å². The van der Waals surface area contributed by atoms with Gasteiger partial charge in [0.15, 0.2) is 5.78 Å². The molecule has 2 heterocycles. The van der Waals surface area contributed by atoms with Crippen molar-refractivity contribution >= 4 is 5.78 Å². The van der Waals surface area contributed by atoms with Crippen molar-refractivity contribution in [1.29, 1.82) is 0 Å². The molecule has 0 spiro atoms. The third-order valence-electron chi connectivity index (χ3n) is 2.43. The van der Waals surface area contributed by atoms with Crippen LogP contribution in [0.2, 0.25) is 0 Å². The van der Waals surface area contributed by atoms with E-state index in [4.69, 9.17) is 4.42 Å². The Bertz CT molecular complexity index is 497. The van der Waals surface area contributed by atoms with Crippen LogP contribution in [0.15, 0.2) is 29.1 Å². The third kappa shape index (κ3) is 2.21. The number of nitrogens with zero attached hydrogens (tertiary/aromatic N) is 2. The number of carbonyl (C=O) groups is 1. The Kier molecular flexibility index (Phi) is 2.90. The fourth-order valence-electron chi connectivity index (χ4n) is 1.55. The molecule has 0 aliphatic carbocycles. The van der Waals surface area contributed by atoms with E-state index in [0.717, 1.165) is 17.9 Å². The molecule has 0 atom stereocenters. The molecule has 0 N–H and O–H groups in total. The molecule has 0 fully saturated rings. The summed E-state index contributed by atoms with van der Waals surface area (Å²) in [7, 11) is 0. The molecule has 84 valence electrons. The minimum absolute atomic E-state index is 0.0625. The normalized spacial score (nSPS) is 10.6. The highest BCUT2D eigenvalue weighted by molar-refractivity contribution is 5.97. The van der Waals surface area contributed by atoms with Crippen LogP contribution >= 0.6 is 0 Å². The molecule has 16 heavy (non-hydrogen) atoms. The van der Waals surface area contributed by atoms with Crippen molar-refractivity contribution in [1.82, 2.24) is 9.78 Å². The Morgan fingerprint density at radius 3 is 2.94 bits per heavy atom. The molecule has 0 aliphatic heterocycles. The number of rotatable bonds is 4. The van der Waals surface area contributed by atoms with Crippen molar-refractivity contribution in [3.8, 4) is 0 Å². The molecule has 0 saturated carbocycles. The van der Waals surface area contributed by atoms with E-state index >= 15 is 0 Å². The Morgan fingerprint density at radius 1 is 1.56 bits per heavy atom. The Balaban J connectivity index is 2.07. The van der Waals surface area contributed by atoms with Crippen LogP contribution in [0.4, 0.5) is 0 Å². The minimum Gasteiger partial charge on any atom is -0.469 e. The lowest BCUT2D eigenvalue weighted by atomic mass is 10.1. The fraction of sp³-hybridized carbons (Fsp3) is 0.333. The zero-order chi connectivity index (χ0) is 11.5. The van der Waals surface area contributed by atoms with Crippen molar-refractivity contribution in [3.63, 3.8) is 0 Å². The van der Waals surface area contributed by atoms with Crippen LogP contribution < -0.4 is 0 Å². The van der Waals surface area contributed by atoms with E-state index in [1.807, 2.05) is 24.7 Å². The van der Waals surface area contributed by atoms with Gasteiger partial charge < -0.3 is 4.42 Å². The molecule has 4 nitrogen and oxygen atoms in total. The number of hydrogen-bond acceptors (Lipinski definition) is 3. The number of Topliss-reactive ketones (excluding diaryl/α,β-unsaturated/α-hetero) is 1. The minimum atomic E-state index is 0.0625. The molecule has 0 radical (unpaired) electrons. The topological polar surface area (TPSA) is 48.0 Å². The second-order valence-electron chi connectivity index (χ2n) is 3.75. The molecule has 2 aromatic heterocycles. The third-order valence-corrected chi connectivity index (χ3v) is 2.43. The molecule has 0 aromatic carbocycles. The predicted octanol–water partition coefficient (Wildman–Crippen LogP) is 2.23. The van der Waals surface area contributed by atoms with Crippen molar-refractivity contribution in [2.45, 2.75) is 26.8 Å². The summed E-state index contributed by atoms with van der Waals surface area (Å²) in [4.78, 5) is 11.8. The first kappa shape index (κ1) is 10.7. The maximum Gasteiger partial charge on any atom is 0.170 e. The standard InChI is InChI=1S/C12H14N2O2/c1-3-14-7-10(6-13-14)5-12(15)11-4-9(2)16-8-11/h4,6-8H,3,5H2,1-2H3. The van der Waals surface area contributed by atoms with E-state index in [1.54, 1.807) is 12.3 Å². The predicted molar refractivity (Wildman–Crippen MR) is 59.4 cm³/mol. The number of aromatic nitrogens is 2. The maximum absolute atomic E-state index is 11.8. The maximum atomic E-state index is 11.8. The summed E-state index contributed by atoms with van der Waals surface area (Å²) in [6.07, 6.45) is 5.50. The molecule has 0 aliphatic rings. The van der Waals surface area contributed by atoms with Gasteiger partial charge in [-0.05, 0) is 25.5 Å². The van der Waals surface area contributed by atoms with Crippen molar-refractivity contribution in [3.05, 3.63) is 41.6 Å². The van der Waals surface area contributed by atoms with Gasteiger partial charge in [0, 0.05) is 19.2 Å². The van der Waals surface area contributed by atoms with E-state index in [1.165, 1.54) is 6.26 Å². The number of aryl methyl sites for hydroxylation is 2. The van der Waals surface area contributed by atoms with Gasteiger partial charge in [-0.1, -0.05) is 0 Å². The number of ketones is 1. The van der Waals surface area contributed by atoms with Crippen LogP contribution in [0.3, 0.4) is 0 Å². The van der Waals surface area contributed by atoms with Crippen molar-refractivity contribution in [2.75, 3.05) is 0 Å². The Hall–Kier alpha value is -1.84. The highest BCUT2D eigenvalue weighted by Crippen LogP contribution is 2.10. The summed E-state index contributed by atoms with van der Waals surface area (Å²) in [5.74, 6) is 0.820. The summed E-state index contributed by atoms with van der Waals surface area (Å²) in [6, 6.07) is 1.76. The van der Waals surface area contributed by atoms with E-state index in [0.29, 0.717) is 12.0 Å². The first-order valence-electron chi connectivity index (χ1n) is 5.28. The van der Waals surface area contributed by atoms with E-state index in [-0.39, 0.29) is 5.78 Å². The summed E-state index contributed by atoms with van der Waals surface area (Å²) in [6.45, 7) is 4.66. The van der Waals surface area contributed by atoms with Crippen LogP contribution in [-0.4, -0.2) is 15.6 Å². The van der Waals surface area contributed by atoms with Gasteiger partial charge in [-0.15, -0.1) is 0 Å². The number of carbonyl (C=O) groups excluding carboxylic acids is 1. The molecule has 0 bridgehead atoms. The van der Waals surface area contributed by atoms with Crippen LogP contribution in [0.1, 0.15) is 28.6 Å². The van der Waals surface area contributed by atoms with Crippen LogP contribution in [0, 0.1) is 6.92 Å². The molecule has 0 amide bonds. The van der Waals surface area contributed by atoms with Crippen LogP contribution in [-0.2, 0) is 13.0 Å². The lowest BCUT2D eigenvalue weighted by Gasteiger charge is -1.94. The smallest absolute Gasteiger partial charge is 0.170 e. The summed E-state index contributed by atoms with van der Waals surface area (Å²) in [5.41, 5.74) is 1.56. The number of hydrogen-bond donors (Lipinski definition) is 0. The van der Waals surface area contributed by atoms with Gasteiger partial charge in [0.1, 0.15) is 12.0 Å². The fourth-order valence-corrected chi connectivity index (χ4v) is 1.55. The lowest BCUT2D eigenvalue weighted by Crippen LogP contribution is -2.01. The molecule has 2 rings (SSSR count). The van der Waals surface area contributed by atoms with Gasteiger partial charge in [0.05, 0.1) is 11.8 Å². The van der Waals surface area contributed by atoms with Gasteiger partial charge in [0.25, 0.3) is 0 Å². The lowest BCUT2D eigenvalue weighted by molar-refractivity contribution is 0.0992. The Morgan fingerprint density at radius 2 is 2.38 bits per heavy atom. The number of furan rings is 1. The van der Waals surface area contributed by atoms with Crippen LogP contribution in [0.25, 0.3) is 0 Å². The van der Waals surface area contributed by atoms with Gasteiger partial charge >= 0.3 is 0 Å². The largest absolute Gasteiger partial charge is 0.469 e. The van der Waals surface area contributed by atoms with Gasteiger partial charge in [0.2, 0.25) is 0 Å². The molecular formula is C12H14N2O2. The quantitative estimate of drug-likeness (QED) is 0.739. The zero-order valence-corrected chi connectivity index (χ0v) is 9.43. The second-order valence-corrected chi connectivity index (χ2v) is 3.75. The zero-order valence-electron chi connectivity index (χ0n) is 9.43.